The summed E-state index contributed by atoms with van der Waals surface area (Å²) in [5, 5.41) is 9.00. The Hall–Kier alpha value is -3.36. The Labute approximate surface area is 152 Å². The molecule has 9 heteroatoms. The molecule has 0 aliphatic carbocycles. The predicted molar refractivity (Wildman–Crippen MR) is 102 cm³/mol. The second-order valence-corrected chi connectivity index (χ2v) is 5.80. The number of nitrogens with one attached hydrogen (secondary N) is 3. The van der Waals surface area contributed by atoms with Crippen molar-refractivity contribution in [3.8, 4) is 0 Å². The van der Waals surface area contributed by atoms with Crippen LogP contribution in [0.4, 0.5) is 23.1 Å². The highest BCUT2D eigenvalue weighted by atomic mass is 16.1. The first-order valence-electron chi connectivity index (χ1n) is 8.06. The maximum absolute atomic E-state index is 11.1. The molecule has 0 saturated carbocycles. The van der Waals surface area contributed by atoms with Gasteiger partial charge in [0.25, 0.3) is 0 Å². The van der Waals surface area contributed by atoms with Gasteiger partial charge >= 0.3 is 0 Å². The largest absolute Gasteiger partial charge is 0.373 e. The summed E-state index contributed by atoms with van der Waals surface area (Å²) in [5.74, 6) is 0.494. The molecule has 26 heavy (non-hydrogen) atoms. The summed E-state index contributed by atoms with van der Waals surface area (Å²) in [6, 6.07) is 6.72. The third-order valence-electron chi connectivity index (χ3n) is 3.47. The topological polar surface area (TPSA) is 125 Å². The maximum Gasteiger partial charge on any atom is 0.248 e. The van der Waals surface area contributed by atoms with E-state index < -0.39 is 5.91 Å². The summed E-state index contributed by atoms with van der Waals surface area (Å²) >= 11 is 0. The third kappa shape index (κ3) is 5.33. The molecule has 2 aromatic rings. The standard InChI is InChI=1S/C17H23N7O2/c1-11(25)19-8-9-20-16-14(24(2)3)10-21-17(23-16)22-13-6-4-12(5-7-13)15(18)26/h4-7,10H,8-9H2,1-3H3,(H2,18,26)(H,19,25)(H2,20,21,22,23). The summed E-state index contributed by atoms with van der Waals surface area (Å²) < 4.78 is 0. The molecular formula is C17H23N7O2. The number of carbonyl (C=O) groups excluding carboxylic acids is 2. The van der Waals surface area contributed by atoms with E-state index in [1.165, 1.54) is 6.92 Å². The van der Waals surface area contributed by atoms with Gasteiger partial charge in [0.2, 0.25) is 17.8 Å². The van der Waals surface area contributed by atoms with E-state index in [1.807, 2.05) is 19.0 Å². The number of nitrogens with zero attached hydrogens (tertiary/aromatic N) is 3. The fraction of sp³-hybridized carbons (Fsp3) is 0.294. The fourth-order valence-corrected chi connectivity index (χ4v) is 2.16. The number of hydrogen-bond donors (Lipinski definition) is 4. The normalized spacial score (nSPS) is 10.1. The Morgan fingerprint density at radius 2 is 1.85 bits per heavy atom. The van der Waals surface area contributed by atoms with Crippen molar-refractivity contribution in [3.05, 3.63) is 36.0 Å². The van der Waals surface area contributed by atoms with Gasteiger partial charge < -0.3 is 26.6 Å². The number of hydrogen-bond acceptors (Lipinski definition) is 7. The highest BCUT2D eigenvalue weighted by Crippen LogP contribution is 2.23. The molecule has 0 radical (unpaired) electrons. The van der Waals surface area contributed by atoms with Crippen LogP contribution in [-0.4, -0.2) is 49.0 Å². The molecule has 5 N–H and O–H groups in total. The molecule has 0 aliphatic heterocycles. The van der Waals surface area contributed by atoms with Crippen LogP contribution in [0.3, 0.4) is 0 Å². The number of rotatable bonds is 8. The molecule has 1 aromatic heterocycles. The lowest BCUT2D eigenvalue weighted by molar-refractivity contribution is -0.118. The minimum absolute atomic E-state index is 0.0796. The minimum Gasteiger partial charge on any atom is -0.373 e. The van der Waals surface area contributed by atoms with Crippen molar-refractivity contribution in [2.75, 3.05) is 42.7 Å². The van der Waals surface area contributed by atoms with E-state index in [0.29, 0.717) is 30.4 Å². The Kier molecular flexibility index (Phi) is 6.31. The molecular weight excluding hydrogens is 334 g/mol. The Balaban J connectivity index is 2.12. The van der Waals surface area contributed by atoms with Gasteiger partial charge in [0, 0.05) is 45.4 Å². The van der Waals surface area contributed by atoms with Crippen LogP contribution in [-0.2, 0) is 4.79 Å². The van der Waals surface area contributed by atoms with E-state index >= 15 is 0 Å². The summed E-state index contributed by atoms with van der Waals surface area (Å²) in [6.07, 6.45) is 1.70. The molecule has 0 bridgehead atoms. The quantitative estimate of drug-likeness (QED) is 0.518. The van der Waals surface area contributed by atoms with Crippen molar-refractivity contribution in [3.63, 3.8) is 0 Å². The van der Waals surface area contributed by atoms with Crippen molar-refractivity contribution < 1.29 is 9.59 Å². The van der Waals surface area contributed by atoms with Crippen molar-refractivity contribution in [1.82, 2.24) is 15.3 Å². The number of aromatic nitrogens is 2. The van der Waals surface area contributed by atoms with E-state index in [4.69, 9.17) is 5.73 Å². The van der Waals surface area contributed by atoms with Gasteiger partial charge in [-0.15, -0.1) is 0 Å². The van der Waals surface area contributed by atoms with Crippen LogP contribution in [0.15, 0.2) is 30.5 Å². The van der Waals surface area contributed by atoms with Gasteiger partial charge in [-0.3, -0.25) is 9.59 Å². The van der Waals surface area contributed by atoms with Gasteiger partial charge in [0.15, 0.2) is 5.82 Å². The second kappa shape index (κ2) is 8.65. The van der Waals surface area contributed by atoms with Gasteiger partial charge in [0.1, 0.15) is 0 Å². The lowest BCUT2D eigenvalue weighted by Gasteiger charge is -2.18. The minimum atomic E-state index is -0.478. The van der Waals surface area contributed by atoms with Gasteiger partial charge in [-0.25, -0.2) is 4.98 Å². The Morgan fingerprint density at radius 1 is 1.15 bits per heavy atom. The first kappa shape index (κ1) is 19.0. The smallest absolute Gasteiger partial charge is 0.248 e. The Bertz CT molecular complexity index is 775. The van der Waals surface area contributed by atoms with E-state index in [-0.39, 0.29) is 5.91 Å². The zero-order valence-electron chi connectivity index (χ0n) is 15.0. The molecule has 0 spiro atoms. The number of anilines is 4. The Morgan fingerprint density at radius 3 is 2.42 bits per heavy atom. The average Bonchev–Trinajstić information content (AvgIpc) is 2.59. The number of amides is 2. The van der Waals surface area contributed by atoms with E-state index in [1.54, 1.807) is 30.5 Å². The van der Waals surface area contributed by atoms with Crippen molar-refractivity contribution in [1.29, 1.82) is 0 Å². The van der Waals surface area contributed by atoms with Crippen LogP contribution < -0.4 is 26.6 Å². The number of primary amides is 1. The molecule has 2 amide bonds. The third-order valence-corrected chi connectivity index (χ3v) is 3.47. The second-order valence-electron chi connectivity index (χ2n) is 5.80. The zero-order valence-corrected chi connectivity index (χ0v) is 15.0. The van der Waals surface area contributed by atoms with Crippen LogP contribution >= 0.6 is 0 Å². The first-order valence-corrected chi connectivity index (χ1v) is 8.06. The lowest BCUT2D eigenvalue weighted by Crippen LogP contribution is -2.27. The molecule has 9 nitrogen and oxygen atoms in total. The predicted octanol–water partition coefficient (Wildman–Crippen LogP) is 0.933. The maximum atomic E-state index is 11.1. The first-order chi connectivity index (χ1) is 12.4. The van der Waals surface area contributed by atoms with Crippen LogP contribution in [0.1, 0.15) is 17.3 Å². The van der Waals surface area contributed by atoms with Crippen LogP contribution in [0.25, 0.3) is 0 Å². The number of benzene rings is 1. The fourth-order valence-electron chi connectivity index (χ4n) is 2.16. The van der Waals surface area contributed by atoms with Gasteiger partial charge in [-0.1, -0.05) is 0 Å². The summed E-state index contributed by atoms with van der Waals surface area (Å²) in [6.45, 7) is 2.50. The lowest BCUT2D eigenvalue weighted by atomic mass is 10.2. The molecule has 138 valence electrons. The van der Waals surface area contributed by atoms with Crippen molar-refractivity contribution >= 4 is 35.0 Å². The van der Waals surface area contributed by atoms with Crippen molar-refractivity contribution in [2.24, 2.45) is 5.73 Å². The van der Waals surface area contributed by atoms with E-state index in [9.17, 15) is 9.59 Å². The van der Waals surface area contributed by atoms with Crippen molar-refractivity contribution in [2.45, 2.75) is 6.92 Å². The molecule has 2 rings (SSSR count). The van der Waals surface area contributed by atoms with E-state index in [2.05, 4.69) is 25.9 Å². The SMILES string of the molecule is CC(=O)NCCNc1nc(Nc2ccc(C(N)=O)cc2)ncc1N(C)C. The highest BCUT2D eigenvalue weighted by molar-refractivity contribution is 5.93. The molecule has 1 heterocycles. The molecule has 0 aliphatic rings. The molecule has 1 aromatic carbocycles. The van der Waals surface area contributed by atoms with Gasteiger partial charge in [-0.2, -0.15) is 4.98 Å². The number of carbonyl (C=O) groups is 2. The zero-order chi connectivity index (χ0) is 19.1. The number of nitrogens with two attached hydrogens (primary N) is 1. The molecule has 0 saturated heterocycles. The van der Waals surface area contributed by atoms with Crippen LogP contribution in [0, 0.1) is 0 Å². The molecule has 0 atom stereocenters. The summed E-state index contributed by atoms with van der Waals surface area (Å²) in [7, 11) is 3.79. The van der Waals surface area contributed by atoms with Gasteiger partial charge in [0.05, 0.1) is 11.9 Å². The van der Waals surface area contributed by atoms with Crippen LogP contribution in [0.5, 0.6) is 0 Å². The monoisotopic (exact) mass is 357 g/mol. The highest BCUT2D eigenvalue weighted by Gasteiger charge is 2.09. The summed E-state index contributed by atoms with van der Waals surface area (Å²) in [5.41, 5.74) is 7.22. The van der Waals surface area contributed by atoms with Gasteiger partial charge in [-0.05, 0) is 24.3 Å². The molecule has 0 fully saturated rings. The summed E-state index contributed by atoms with van der Waals surface area (Å²) in [4.78, 5) is 32.7. The average molecular weight is 357 g/mol. The molecule has 0 unspecified atom stereocenters. The van der Waals surface area contributed by atoms with E-state index in [0.717, 1.165) is 11.4 Å². The van der Waals surface area contributed by atoms with Crippen LogP contribution in [0.2, 0.25) is 0 Å².